The third kappa shape index (κ3) is 4.21. The van der Waals surface area contributed by atoms with Crippen LogP contribution in [0.15, 0.2) is 65.7 Å². The lowest BCUT2D eigenvalue weighted by Gasteiger charge is -2.19. The molecule has 0 saturated heterocycles. The molecule has 1 N–H and O–H groups in total. The molecule has 0 saturated carbocycles. The lowest BCUT2D eigenvalue weighted by Crippen LogP contribution is -2.14. The first-order valence-electron chi connectivity index (χ1n) is 10.3. The van der Waals surface area contributed by atoms with Gasteiger partial charge in [-0.25, -0.2) is 13.4 Å². The lowest BCUT2D eigenvalue weighted by atomic mass is 9.98. The number of halogens is 3. The second kappa shape index (κ2) is 8.35. The quantitative estimate of drug-likeness (QED) is 0.337. The van der Waals surface area contributed by atoms with Crippen molar-refractivity contribution in [2.24, 2.45) is 0 Å². The average molecular weight is 491 g/mol. The number of alkyl halides is 3. The first-order valence-corrected chi connectivity index (χ1v) is 11.8. The van der Waals surface area contributed by atoms with Crippen molar-refractivity contribution in [2.75, 3.05) is 0 Å². The van der Waals surface area contributed by atoms with Gasteiger partial charge in [-0.2, -0.15) is 17.9 Å². The molecular formula is C24H21F3N2O4S. The molecule has 2 aromatic rings. The minimum atomic E-state index is -4.55. The summed E-state index contributed by atoms with van der Waals surface area (Å²) in [6.45, 7) is 4.76. The number of aromatic nitrogens is 2. The molecule has 6 nitrogen and oxygen atoms in total. The predicted molar refractivity (Wildman–Crippen MR) is 120 cm³/mol. The fourth-order valence-corrected chi connectivity index (χ4v) is 4.65. The molecule has 178 valence electrons. The number of aryl methyl sites for hydroxylation is 1. The Bertz CT molecular complexity index is 1440. The monoisotopic (exact) mass is 490 g/mol. The third-order valence-corrected chi connectivity index (χ3v) is 7.59. The first-order chi connectivity index (χ1) is 15.9. The van der Waals surface area contributed by atoms with Crippen molar-refractivity contribution < 1.29 is 31.5 Å². The van der Waals surface area contributed by atoms with E-state index >= 15 is 0 Å². The topological polar surface area (TPSA) is 81.4 Å². The highest BCUT2D eigenvalue weighted by Gasteiger charge is 2.31. The molecule has 10 heteroatoms. The summed E-state index contributed by atoms with van der Waals surface area (Å²) in [5.41, 5.74) is 0.911. The number of fused-ring (bicyclic) bond motifs is 1. The standard InChI is InChI=1S/C24H21F3N2O4S/c1-14(2)34(31,32)18-7-8-22(33-17-6-4-5-16(12-17)24(25,26)27)21(13-18)20-11-15(3)29(30)23-19(20)9-10-28-23/h4-14,30H,1-3H3. The highest BCUT2D eigenvalue weighted by molar-refractivity contribution is 7.92. The van der Waals surface area contributed by atoms with Crippen molar-refractivity contribution in [1.82, 2.24) is 9.71 Å². The van der Waals surface area contributed by atoms with Gasteiger partial charge in [-0.1, -0.05) is 6.07 Å². The smallest absolute Gasteiger partial charge is 0.416 e. The Labute approximate surface area is 194 Å². The maximum absolute atomic E-state index is 13.2. The average Bonchev–Trinajstić information content (AvgIpc) is 3.26. The molecule has 0 unspecified atom stereocenters. The minimum Gasteiger partial charge on any atom is -0.457 e. The summed E-state index contributed by atoms with van der Waals surface area (Å²) in [7, 11) is -3.66. The van der Waals surface area contributed by atoms with Crippen LogP contribution in [0.2, 0.25) is 0 Å². The highest BCUT2D eigenvalue weighted by Crippen LogP contribution is 2.42. The van der Waals surface area contributed by atoms with E-state index in [1.807, 2.05) is 0 Å². The Morgan fingerprint density at radius 1 is 1.00 bits per heavy atom. The summed E-state index contributed by atoms with van der Waals surface area (Å²) in [5.74, 6) is 0.342. The van der Waals surface area contributed by atoms with E-state index in [9.17, 15) is 26.8 Å². The molecule has 0 atom stereocenters. The van der Waals surface area contributed by atoms with Crippen LogP contribution in [0.25, 0.3) is 22.5 Å². The van der Waals surface area contributed by atoms with Crippen LogP contribution in [0.5, 0.6) is 11.5 Å². The van der Waals surface area contributed by atoms with Crippen LogP contribution >= 0.6 is 0 Å². The largest absolute Gasteiger partial charge is 0.457 e. The van der Waals surface area contributed by atoms with Gasteiger partial charge in [-0.3, -0.25) is 0 Å². The van der Waals surface area contributed by atoms with Crippen molar-refractivity contribution >= 4 is 9.84 Å². The van der Waals surface area contributed by atoms with Gasteiger partial charge in [-0.15, -0.1) is 0 Å². The van der Waals surface area contributed by atoms with Crippen molar-refractivity contribution in [3.05, 3.63) is 72.1 Å². The molecule has 2 aliphatic heterocycles. The molecule has 0 fully saturated rings. The maximum atomic E-state index is 13.2. The van der Waals surface area contributed by atoms with E-state index in [4.69, 9.17) is 4.74 Å². The summed E-state index contributed by atoms with van der Waals surface area (Å²) in [5, 5.41) is 9.62. The highest BCUT2D eigenvalue weighted by atomic mass is 32.2. The molecule has 0 aromatic heterocycles. The van der Waals surface area contributed by atoms with Crippen LogP contribution in [0.1, 0.15) is 25.1 Å². The molecule has 0 amide bonds. The molecular weight excluding hydrogens is 469 g/mol. The van der Waals surface area contributed by atoms with Crippen molar-refractivity contribution in [1.29, 1.82) is 0 Å². The zero-order valence-electron chi connectivity index (χ0n) is 18.5. The zero-order valence-corrected chi connectivity index (χ0v) is 19.3. The summed E-state index contributed by atoms with van der Waals surface area (Å²) in [6.07, 6.45) is -3.06. The van der Waals surface area contributed by atoms with Gasteiger partial charge in [0.15, 0.2) is 15.7 Å². The van der Waals surface area contributed by atoms with E-state index in [0.717, 1.165) is 16.9 Å². The Morgan fingerprint density at radius 3 is 2.41 bits per heavy atom. The van der Waals surface area contributed by atoms with E-state index in [1.165, 1.54) is 36.5 Å². The van der Waals surface area contributed by atoms with E-state index < -0.39 is 26.8 Å². The molecule has 2 aromatic carbocycles. The fraction of sp³-hybridized carbons (Fsp3) is 0.208. The number of benzene rings is 2. The van der Waals surface area contributed by atoms with Crippen LogP contribution in [0.4, 0.5) is 13.2 Å². The summed E-state index contributed by atoms with van der Waals surface area (Å²) < 4.78 is 72.0. The Hall–Kier alpha value is -3.53. The second-order valence-corrected chi connectivity index (χ2v) is 10.6. The maximum Gasteiger partial charge on any atom is 0.416 e. The van der Waals surface area contributed by atoms with Gasteiger partial charge in [-0.05, 0) is 74.9 Å². The molecule has 0 bridgehead atoms. The molecule has 0 aliphatic carbocycles. The number of ether oxygens (including phenoxy) is 1. The predicted octanol–water partition coefficient (Wildman–Crippen LogP) is 6.19. The van der Waals surface area contributed by atoms with Crippen LogP contribution in [-0.4, -0.2) is 28.6 Å². The van der Waals surface area contributed by atoms with E-state index in [2.05, 4.69) is 4.98 Å². The van der Waals surface area contributed by atoms with Gasteiger partial charge < -0.3 is 9.94 Å². The van der Waals surface area contributed by atoms with Gasteiger partial charge >= 0.3 is 6.18 Å². The van der Waals surface area contributed by atoms with Crippen molar-refractivity contribution in [3.8, 4) is 34.0 Å². The van der Waals surface area contributed by atoms with Crippen LogP contribution in [0, 0.1) is 6.92 Å². The number of nitrogens with zero attached hydrogens (tertiary/aromatic N) is 2. The Kier molecular flexibility index (Phi) is 5.80. The third-order valence-electron chi connectivity index (χ3n) is 5.44. The number of hydrogen-bond donors (Lipinski definition) is 1. The van der Waals surface area contributed by atoms with Gasteiger partial charge in [0.2, 0.25) is 0 Å². The van der Waals surface area contributed by atoms with Crippen molar-refractivity contribution in [2.45, 2.75) is 37.1 Å². The van der Waals surface area contributed by atoms with Crippen LogP contribution < -0.4 is 4.74 Å². The summed E-state index contributed by atoms with van der Waals surface area (Å²) in [4.78, 5) is 4.19. The van der Waals surface area contributed by atoms with Crippen molar-refractivity contribution in [3.63, 3.8) is 0 Å². The molecule has 34 heavy (non-hydrogen) atoms. The molecule has 4 rings (SSSR count). The number of pyridine rings is 1. The minimum absolute atomic E-state index is 0.0416. The van der Waals surface area contributed by atoms with E-state index in [1.54, 1.807) is 32.9 Å². The van der Waals surface area contributed by atoms with Gasteiger partial charge in [0, 0.05) is 17.3 Å². The molecule has 0 spiro atoms. The van der Waals surface area contributed by atoms with Gasteiger partial charge in [0.25, 0.3) is 0 Å². The molecule has 2 heterocycles. The zero-order chi connectivity index (χ0) is 24.8. The molecule has 0 radical (unpaired) electrons. The van der Waals surface area contributed by atoms with Gasteiger partial charge in [0.1, 0.15) is 11.5 Å². The Balaban J connectivity index is 1.93. The summed E-state index contributed by atoms with van der Waals surface area (Å²) >= 11 is 0. The first kappa shape index (κ1) is 23.6. The van der Waals surface area contributed by atoms with Crippen LogP contribution in [0.3, 0.4) is 0 Å². The number of sulfone groups is 1. The lowest BCUT2D eigenvalue weighted by molar-refractivity contribution is -0.137. The normalized spacial score (nSPS) is 12.4. The number of hydrogen-bond acceptors (Lipinski definition) is 5. The summed E-state index contributed by atoms with van der Waals surface area (Å²) in [6, 6.07) is 11.9. The fourth-order valence-electron chi connectivity index (χ4n) is 3.56. The SMILES string of the molecule is Cc1cc(-c2cc(S(=O)(=O)C(C)C)ccc2Oc2cccc(C(F)(F)F)c2)c2ccnc-2n1O. The van der Waals surface area contributed by atoms with E-state index in [0.29, 0.717) is 22.4 Å². The number of rotatable bonds is 5. The second-order valence-electron chi connectivity index (χ2n) is 8.07. The van der Waals surface area contributed by atoms with Gasteiger partial charge in [0.05, 0.1) is 21.4 Å². The van der Waals surface area contributed by atoms with E-state index in [-0.39, 0.29) is 22.2 Å². The Morgan fingerprint density at radius 2 is 1.74 bits per heavy atom. The molecule has 2 aliphatic rings. The van der Waals surface area contributed by atoms with Crippen LogP contribution in [-0.2, 0) is 16.0 Å².